The number of carbonyl (C=O) groups is 2. The Bertz CT molecular complexity index is 288. The molecular weight excluding hydrogens is 317 g/mol. The van der Waals surface area contributed by atoms with Crippen molar-refractivity contribution in [3.8, 4) is 0 Å². The molecule has 1 radical (unpaired) electrons. The van der Waals surface area contributed by atoms with Crippen LogP contribution in [0.25, 0.3) is 6.15 Å². The van der Waals surface area contributed by atoms with Gasteiger partial charge >= 0.3 is 0 Å². The Morgan fingerprint density at radius 2 is 1.53 bits per heavy atom. The molecule has 0 aromatic rings. The number of hydrogen-bond acceptors (Lipinski definition) is 3. The second-order valence-electron chi connectivity index (χ2n) is 4.35. The van der Waals surface area contributed by atoms with Crippen LogP contribution < -0.4 is 5.73 Å². The van der Waals surface area contributed by atoms with Gasteiger partial charge in [0.15, 0.2) is 0 Å². The van der Waals surface area contributed by atoms with Crippen LogP contribution in [0.3, 0.4) is 0 Å². The number of allylic oxidation sites excluding steroid dienone is 1. The number of hydrogen-bond donors (Lipinski definition) is 1. The Morgan fingerprint density at radius 1 is 1.11 bits per heavy atom. The number of Topliss-reactive ketones (excluding diaryl/α,β-unsaturated/α-hetero) is 2. The van der Waals surface area contributed by atoms with E-state index in [2.05, 4.69) is 13.2 Å². The Morgan fingerprint density at radius 3 is 1.63 bits per heavy atom. The van der Waals surface area contributed by atoms with Gasteiger partial charge in [0.25, 0.3) is 0 Å². The van der Waals surface area contributed by atoms with Crippen LogP contribution in [-0.4, -0.2) is 17.6 Å². The van der Waals surface area contributed by atoms with Gasteiger partial charge in [0.05, 0.1) is 6.04 Å². The summed E-state index contributed by atoms with van der Waals surface area (Å²) in [6, 6.07) is -0.345. The van der Waals surface area contributed by atoms with Crippen molar-refractivity contribution in [1.29, 1.82) is 0 Å². The molecule has 0 fully saturated rings. The Labute approximate surface area is 142 Å². The van der Waals surface area contributed by atoms with Crippen molar-refractivity contribution in [2.45, 2.75) is 46.6 Å². The second-order valence-corrected chi connectivity index (χ2v) is 4.35. The number of nitrogens with two attached hydrogens (primary N) is 2. The average Bonchev–Trinajstić information content (AvgIpc) is 2.14. The summed E-state index contributed by atoms with van der Waals surface area (Å²) >= 11 is 0. The molecule has 5 heteroatoms. The summed E-state index contributed by atoms with van der Waals surface area (Å²) in [5.74, 6) is 0.144. The summed E-state index contributed by atoms with van der Waals surface area (Å²) in [6.07, 6.45) is 2.95. The summed E-state index contributed by atoms with van der Waals surface area (Å²) in [6.45, 7) is 14.1. The maximum absolute atomic E-state index is 10.5. The van der Waals surface area contributed by atoms with Gasteiger partial charge in [0, 0.05) is 32.7 Å². The predicted molar refractivity (Wildman–Crippen MR) is 77.8 cm³/mol. The van der Waals surface area contributed by atoms with Crippen LogP contribution in [0.1, 0.15) is 40.5 Å². The molecule has 0 aromatic carbocycles. The molecule has 0 aliphatic rings. The summed E-state index contributed by atoms with van der Waals surface area (Å²) in [5.41, 5.74) is 7.39. The molecular formula is C14H26N2O2Y-2. The minimum Gasteiger partial charge on any atom is -0.693 e. The molecule has 19 heavy (non-hydrogen) atoms. The van der Waals surface area contributed by atoms with E-state index < -0.39 is 0 Å². The molecule has 0 spiro atoms. The number of rotatable bonds is 6. The van der Waals surface area contributed by atoms with E-state index in [1.165, 1.54) is 6.92 Å². The van der Waals surface area contributed by atoms with Crippen molar-refractivity contribution in [3.05, 3.63) is 36.9 Å². The van der Waals surface area contributed by atoms with Gasteiger partial charge in [-0.05, 0) is 39.9 Å². The van der Waals surface area contributed by atoms with E-state index in [1.807, 2.05) is 13.8 Å². The SMILES string of the molecule is C=C(C)C[C@H](N)C(C)=O.C=C(C)C[CH-]C(C)=O.[NH2-].[Y]. The molecule has 0 heterocycles. The molecule has 0 aromatic heterocycles. The van der Waals surface area contributed by atoms with Crippen LogP contribution in [-0.2, 0) is 42.3 Å². The largest absolute Gasteiger partial charge is 0.693 e. The topological polar surface area (TPSA) is 93.7 Å². The van der Waals surface area contributed by atoms with Crippen LogP contribution in [0, 0.1) is 6.42 Å². The van der Waals surface area contributed by atoms with E-state index in [-0.39, 0.29) is 56.5 Å². The Kier molecular flexibility index (Phi) is 22.5. The zero-order chi connectivity index (χ0) is 14.0. The van der Waals surface area contributed by atoms with E-state index in [1.54, 1.807) is 13.3 Å². The molecule has 0 amide bonds. The summed E-state index contributed by atoms with van der Waals surface area (Å²) in [7, 11) is 0. The molecule has 4 nitrogen and oxygen atoms in total. The molecule has 0 unspecified atom stereocenters. The standard InChI is InChI=1S/C7H13NO.C7H11O.H2N.Y/c1-5(2)4-7(8)6(3)9;1-6(2)4-5-7(3)8;;/h7H,1,4,8H2,2-3H3;5H,1,4H2,2-3H3;1H2;/q;2*-1;/t7-;;;/m0.../s1. The molecule has 109 valence electrons. The third-order valence-corrected chi connectivity index (χ3v) is 1.83. The Hall–Kier alpha value is -0.286. The normalized spacial score (nSPS) is 9.53. The first-order valence-electron chi connectivity index (χ1n) is 5.55. The predicted octanol–water partition coefficient (Wildman–Crippen LogP) is 3.33. The van der Waals surface area contributed by atoms with E-state index in [0.29, 0.717) is 6.42 Å². The third kappa shape index (κ3) is 27.1. The van der Waals surface area contributed by atoms with Gasteiger partial charge in [0.2, 0.25) is 0 Å². The molecule has 0 saturated carbocycles. The number of ketones is 2. The van der Waals surface area contributed by atoms with Gasteiger partial charge in [0.1, 0.15) is 5.78 Å². The van der Waals surface area contributed by atoms with Crippen molar-refractivity contribution >= 4 is 11.6 Å². The summed E-state index contributed by atoms with van der Waals surface area (Å²) < 4.78 is 0. The van der Waals surface area contributed by atoms with Gasteiger partial charge in [-0.25, -0.2) is 0 Å². The fourth-order valence-corrected chi connectivity index (χ4v) is 0.837. The molecule has 1 atom stereocenters. The van der Waals surface area contributed by atoms with Crippen molar-refractivity contribution in [3.63, 3.8) is 0 Å². The monoisotopic (exact) mass is 343 g/mol. The van der Waals surface area contributed by atoms with Gasteiger partial charge in [-0.15, -0.1) is 25.2 Å². The van der Waals surface area contributed by atoms with Gasteiger partial charge in [-0.2, -0.15) is 0 Å². The minimum absolute atomic E-state index is 0. The van der Waals surface area contributed by atoms with E-state index in [4.69, 9.17) is 5.73 Å². The van der Waals surface area contributed by atoms with Crippen LogP contribution in [0.5, 0.6) is 0 Å². The smallest absolute Gasteiger partial charge is 0.146 e. The van der Waals surface area contributed by atoms with Crippen LogP contribution >= 0.6 is 0 Å². The van der Waals surface area contributed by atoms with Crippen LogP contribution in [0.15, 0.2) is 24.3 Å². The fourth-order valence-electron chi connectivity index (χ4n) is 0.837. The fraction of sp³-hybridized carbons (Fsp3) is 0.500. The molecule has 0 rings (SSSR count). The van der Waals surface area contributed by atoms with Crippen molar-refractivity contribution in [2.24, 2.45) is 5.73 Å². The molecule has 0 bridgehead atoms. The van der Waals surface area contributed by atoms with Gasteiger partial charge in [-0.1, -0.05) is 5.57 Å². The summed E-state index contributed by atoms with van der Waals surface area (Å²) in [4.78, 5) is 20.8. The summed E-state index contributed by atoms with van der Waals surface area (Å²) in [5, 5.41) is 0. The van der Waals surface area contributed by atoms with Crippen LogP contribution in [0.4, 0.5) is 0 Å². The quantitative estimate of drug-likeness (QED) is 0.592. The first-order valence-corrected chi connectivity index (χ1v) is 5.55. The molecule has 0 aliphatic carbocycles. The van der Waals surface area contributed by atoms with Gasteiger partial charge < -0.3 is 23.1 Å². The first kappa shape index (κ1) is 27.1. The first-order chi connectivity index (χ1) is 7.66. The second kappa shape index (κ2) is 15.8. The number of carbonyl (C=O) groups excluding carboxylic acids is 2. The third-order valence-electron chi connectivity index (χ3n) is 1.83. The van der Waals surface area contributed by atoms with E-state index in [9.17, 15) is 9.59 Å². The van der Waals surface area contributed by atoms with Gasteiger partial charge in [-0.3, -0.25) is 4.79 Å². The van der Waals surface area contributed by atoms with Crippen molar-refractivity contribution in [1.82, 2.24) is 0 Å². The molecule has 4 N–H and O–H groups in total. The Balaban J connectivity index is -0.000000108. The average molecular weight is 343 g/mol. The maximum atomic E-state index is 10.5. The zero-order valence-corrected chi connectivity index (χ0v) is 15.4. The van der Waals surface area contributed by atoms with Crippen LogP contribution in [0.2, 0.25) is 0 Å². The molecule has 0 aliphatic heterocycles. The molecule has 0 saturated heterocycles. The van der Waals surface area contributed by atoms with Crippen molar-refractivity contribution in [2.75, 3.05) is 0 Å². The van der Waals surface area contributed by atoms with Crippen molar-refractivity contribution < 1.29 is 42.3 Å². The maximum Gasteiger partial charge on any atom is 0.146 e. The zero-order valence-electron chi connectivity index (χ0n) is 12.5. The van der Waals surface area contributed by atoms with E-state index in [0.717, 1.165) is 17.6 Å². The minimum atomic E-state index is -0.345. The van der Waals surface area contributed by atoms with E-state index >= 15 is 0 Å².